The van der Waals surface area contributed by atoms with Crippen LogP contribution in [-0.2, 0) is 22.2 Å². The van der Waals surface area contributed by atoms with Gasteiger partial charge in [0, 0.05) is 47.6 Å². The van der Waals surface area contributed by atoms with Crippen LogP contribution >= 0.6 is 0 Å². The lowest BCUT2D eigenvalue weighted by Crippen LogP contribution is -2.43. The van der Waals surface area contributed by atoms with Gasteiger partial charge in [-0.3, -0.25) is 4.79 Å². The summed E-state index contributed by atoms with van der Waals surface area (Å²) in [7, 11) is -4.17. The molecule has 2 aromatic heterocycles. The van der Waals surface area contributed by atoms with Crippen LogP contribution in [-0.4, -0.2) is 45.5 Å². The van der Waals surface area contributed by atoms with Gasteiger partial charge in [-0.15, -0.1) is 0 Å². The third-order valence-corrected chi connectivity index (χ3v) is 10.7. The van der Waals surface area contributed by atoms with Gasteiger partial charge in [-0.05, 0) is 58.2 Å². The van der Waals surface area contributed by atoms with Crippen LogP contribution in [0.1, 0.15) is 60.5 Å². The second kappa shape index (κ2) is 11.1. The predicted molar refractivity (Wildman–Crippen MR) is 160 cm³/mol. The fourth-order valence-corrected chi connectivity index (χ4v) is 8.65. The van der Waals surface area contributed by atoms with Gasteiger partial charge in [0.25, 0.3) is 5.91 Å². The SMILES string of the molecule is Cc1c(S(=O)(=O)N2C(C)CCC2CC(C)(O)c2cc(-c3ccccc3)on2)c2n(c1C(=O)Nc1ccc(F)c(F)c1)CC=C2. The molecule has 0 aliphatic carbocycles. The summed E-state index contributed by atoms with van der Waals surface area (Å²) in [6.07, 6.45) is 4.61. The van der Waals surface area contributed by atoms with E-state index in [1.54, 1.807) is 36.6 Å². The van der Waals surface area contributed by atoms with E-state index < -0.39 is 39.2 Å². The van der Waals surface area contributed by atoms with Gasteiger partial charge in [0.2, 0.25) is 10.0 Å². The third-order valence-electron chi connectivity index (χ3n) is 8.45. The number of carbonyl (C=O) groups is 1. The van der Waals surface area contributed by atoms with Gasteiger partial charge in [-0.2, -0.15) is 4.31 Å². The van der Waals surface area contributed by atoms with Gasteiger partial charge in [-0.1, -0.05) is 41.6 Å². The monoisotopic (exact) mass is 622 g/mol. The lowest BCUT2D eigenvalue weighted by molar-refractivity contribution is 0.0229. The number of allylic oxidation sites excluding steroid dienone is 1. The molecule has 0 radical (unpaired) electrons. The molecule has 0 spiro atoms. The molecular weight excluding hydrogens is 590 g/mol. The summed E-state index contributed by atoms with van der Waals surface area (Å²) in [5, 5.41) is 18.2. The summed E-state index contributed by atoms with van der Waals surface area (Å²) in [5.41, 5.74) is 0.374. The van der Waals surface area contributed by atoms with Gasteiger partial charge in [0.1, 0.15) is 21.9 Å². The number of hydrogen-bond donors (Lipinski definition) is 2. The maximum Gasteiger partial charge on any atom is 0.272 e. The zero-order chi connectivity index (χ0) is 31.4. The zero-order valence-electron chi connectivity index (χ0n) is 24.4. The van der Waals surface area contributed by atoms with Crippen LogP contribution < -0.4 is 5.32 Å². The van der Waals surface area contributed by atoms with E-state index in [9.17, 15) is 27.1 Å². The molecule has 4 heterocycles. The largest absolute Gasteiger partial charge is 0.384 e. The van der Waals surface area contributed by atoms with Crippen molar-refractivity contribution in [3.05, 3.63) is 95.0 Å². The molecule has 2 aliphatic rings. The van der Waals surface area contributed by atoms with Crippen LogP contribution in [0.2, 0.25) is 0 Å². The normalized spacial score (nSPS) is 19.7. The average Bonchev–Trinajstić information content (AvgIpc) is 3.76. The number of carbonyl (C=O) groups excluding carboxylic acids is 1. The van der Waals surface area contributed by atoms with E-state index >= 15 is 0 Å². The number of fused-ring (bicyclic) bond motifs is 1. The van der Waals surface area contributed by atoms with Crippen LogP contribution in [0.25, 0.3) is 17.4 Å². The molecule has 2 aliphatic heterocycles. The van der Waals surface area contributed by atoms with E-state index in [0.717, 1.165) is 17.7 Å². The van der Waals surface area contributed by atoms with Crippen LogP contribution in [0, 0.1) is 18.6 Å². The number of halogens is 2. The Balaban J connectivity index is 1.31. The smallest absolute Gasteiger partial charge is 0.272 e. The Kier molecular flexibility index (Phi) is 7.55. The summed E-state index contributed by atoms with van der Waals surface area (Å²) in [6, 6.07) is 13.1. The Hall–Kier alpha value is -4.13. The van der Waals surface area contributed by atoms with Crippen molar-refractivity contribution in [3.8, 4) is 11.3 Å². The standard InChI is InChI=1S/C32H32F2N4O5S/c1-19-11-13-23(18-32(3,40)28-17-27(43-36-28)21-8-5-4-6-9-21)38(19)44(41,42)30-20(2)29(37-15-7-10-26(30)37)31(39)35-22-12-14-24(33)25(34)16-22/h4-10,12,14,16-17,19,23,40H,11,13,15,18H2,1-3H3,(H,35,39). The highest BCUT2D eigenvalue weighted by molar-refractivity contribution is 7.89. The Labute approximate surface area is 253 Å². The van der Waals surface area contributed by atoms with Crippen molar-refractivity contribution in [1.82, 2.24) is 14.0 Å². The molecule has 230 valence electrons. The third kappa shape index (κ3) is 5.16. The van der Waals surface area contributed by atoms with Crippen molar-refractivity contribution in [2.75, 3.05) is 5.32 Å². The van der Waals surface area contributed by atoms with Crippen molar-refractivity contribution in [2.24, 2.45) is 0 Å². The molecule has 0 bridgehead atoms. The van der Waals surface area contributed by atoms with Crippen LogP contribution in [0.3, 0.4) is 0 Å². The van der Waals surface area contributed by atoms with Gasteiger partial charge < -0.3 is 19.5 Å². The number of amides is 1. The van der Waals surface area contributed by atoms with Gasteiger partial charge in [0.15, 0.2) is 17.4 Å². The maximum atomic E-state index is 14.5. The van der Waals surface area contributed by atoms with Crippen LogP contribution in [0.15, 0.2) is 70.1 Å². The second-order valence-corrected chi connectivity index (χ2v) is 13.4. The lowest BCUT2D eigenvalue weighted by atomic mass is 9.92. The summed E-state index contributed by atoms with van der Waals surface area (Å²) in [5.74, 6) is -2.31. The Bertz CT molecular complexity index is 1880. The first-order valence-electron chi connectivity index (χ1n) is 14.3. The molecule has 2 aromatic carbocycles. The summed E-state index contributed by atoms with van der Waals surface area (Å²) in [4.78, 5) is 13.4. The molecule has 2 N–H and O–H groups in total. The van der Waals surface area contributed by atoms with Gasteiger partial charge in [0.05, 0.1) is 5.69 Å². The molecule has 4 aromatic rings. The number of nitrogens with zero attached hydrogens (tertiary/aromatic N) is 3. The molecular formula is C32H32F2N4O5S. The number of aliphatic hydroxyl groups is 1. The quantitative estimate of drug-likeness (QED) is 0.255. The van der Waals surface area contributed by atoms with Crippen molar-refractivity contribution in [3.63, 3.8) is 0 Å². The number of hydrogen-bond acceptors (Lipinski definition) is 6. The minimum Gasteiger partial charge on any atom is -0.384 e. The second-order valence-electron chi connectivity index (χ2n) is 11.6. The fraction of sp³-hybridized carbons (Fsp3) is 0.312. The highest BCUT2D eigenvalue weighted by Crippen LogP contribution is 2.41. The first-order valence-corrected chi connectivity index (χ1v) is 15.8. The van der Waals surface area contributed by atoms with E-state index in [0.29, 0.717) is 30.0 Å². The predicted octanol–water partition coefficient (Wildman–Crippen LogP) is 5.85. The topological polar surface area (TPSA) is 118 Å². The number of benzene rings is 2. The molecule has 12 heteroatoms. The number of aromatic nitrogens is 2. The van der Waals surface area contributed by atoms with Gasteiger partial charge in [-0.25, -0.2) is 17.2 Å². The molecule has 1 saturated heterocycles. The molecule has 6 rings (SSSR count). The number of sulfonamides is 1. The van der Waals surface area contributed by atoms with Crippen molar-refractivity contribution in [1.29, 1.82) is 0 Å². The fourth-order valence-electron chi connectivity index (χ4n) is 6.36. The highest BCUT2D eigenvalue weighted by atomic mass is 32.2. The molecule has 3 atom stereocenters. The minimum atomic E-state index is -4.17. The zero-order valence-corrected chi connectivity index (χ0v) is 25.2. The lowest BCUT2D eigenvalue weighted by Gasteiger charge is -2.32. The summed E-state index contributed by atoms with van der Waals surface area (Å²) in [6.45, 7) is 5.26. The van der Waals surface area contributed by atoms with Crippen LogP contribution in [0.5, 0.6) is 0 Å². The van der Waals surface area contributed by atoms with Crippen LogP contribution in [0.4, 0.5) is 14.5 Å². The van der Waals surface area contributed by atoms with E-state index in [1.807, 2.05) is 37.3 Å². The molecule has 0 saturated carbocycles. The first-order chi connectivity index (χ1) is 20.9. The molecule has 9 nitrogen and oxygen atoms in total. The van der Waals surface area contributed by atoms with Gasteiger partial charge >= 0.3 is 0 Å². The van der Waals surface area contributed by atoms with Crippen molar-refractivity contribution in [2.45, 2.75) is 69.2 Å². The average molecular weight is 623 g/mol. The summed E-state index contributed by atoms with van der Waals surface area (Å²) < 4.78 is 64.7. The molecule has 3 unspecified atom stereocenters. The number of anilines is 1. The maximum absolute atomic E-state index is 14.5. The Morgan fingerprint density at radius 3 is 2.61 bits per heavy atom. The summed E-state index contributed by atoms with van der Waals surface area (Å²) >= 11 is 0. The van der Waals surface area contributed by atoms with Crippen molar-refractivity contribution < 1.29 is 31.6 Å². The number of nitrogens with one attached hydrogen (secondary N) is 1. The molecule has 1 fully saturated rings. The van der Waals surface area contributed by atoms with Crippen molar-refractivity contribution >= 4 is 27.7 Å². The Morgan fingerprint density at radius 2 is 1.89 bits per heavy atom. The van der Waals surface area contributed by atoms with E-state index in [4.69, 9.17) is 4.52 Å². The highest BCUT2D eigenvalue weighted by Gasteiger charge is 2.46. The minimum absolute atomic E-state index is 0.00730. The number of rotatable bonds is 8. The first kappa shape index (κ1) is 29.9. The Morgan fingerprint density at radius 1 is 1.14 bits per heavy atom. The van der Waals surface area contributed by atoms with E-state index in [2.05, 4.69) is 10.5 Å². The van der Waals surface area contributed by atoms with E-state index in [-0.39, 0.29) is 40.8 Å². The molecule has 1 amide bonds. The van der Waals surface area contributed by atoms with E-state index in [1.165, 1.54) is 10.4 Å². The molecule has 44 heavy (non-hydrogen) atoms.